The fourth-order valence-electron chi connectivity index (χ4n) is 2.59. The Labute approximate surface area is 153 Å². The van der Waals surface area contributed by atoms with Crippen molar-refractivity contribution in [3.8, 4) is 11.5 Å². The number of carbonyl (C=O) groups is 2. The summed E-state index contributed by atoms with van der Waals surface area (Å²) in [5, 5.41) is 0. The van der Waals surface area contributed by atoms with Crippen molar-refractivity contribution in [2.24, 2.45) is 0 Å². The summed E-state index contributed by atoms with van der Waals surface area (Å²) in [7, 11) is 2.91. The molecule has 27 heavy (non-hydrogen) atoms. The zero-order valence-electron chi connectivity index (χ0n) is 14.8. The van der Waals surface area contributed by atoms with Gasteiger partial charge in [0, 0.05) is 0 Å². The van der Waals surface area contributed by atoms with Gasteiger partial charge in [0.1, 0.15) is 18.0 Å². The van der Waals surface area contributed by atoms with Gasteiger partial charge in [0.25, 0.3) is 0 Å². The molecule has 0 aliphatic heterocycles. The fourth-order valence-corrected chi connectivity index (χ4v) is 2.59. The minimum absolute atomic E-state index is 0.232. The number of carbonyl (C=O) groups excluding carboxylic acids is 2. The molecule has 8 nitrogen and oxygen atoms in total. The number of hydrogen-bond acceptors (Lipinski definition) is 7. The number of benzene rings is 2. The SMILES string of the molecule is COc1ccc(OC)c(C(=O)COC(=O)Cn2c(=O)oc3ccccc32)c1. The fraction of sp³-hybridized carbons (Fsp3) is 0.211. The van der Waals surface area contributed by atoms with Crippen molar-refractivity contribution >= 4 is 22.9 Å². The van der Waals surface area contributed by atoms with Crippen molar-refractivity contribution < 1.29 is 28.2 Å². The zero-order chi connectivity index (χ0) is 19.4. The van der Waals surface area contributed by atoms with E-state index in [2.05, 4.69) is 0 Å². The lowest BCUT2D eigenvalue weighted by Gasteiger charge is -2.10. The predicted octanol–water partition coefficient (Wildman–Crippen LogP) is 2.04. The third-order valence-electron chi connectivity index (χ3n) is 3.93. The summed E-state index contributed by atoms with van der Waals surface area (Å²) in [6.07, 6.45) is 0. The summed E-state index contributed by atoms with van der Waals surface area (Å²) in [4.78, 5) is 36.3. The first-order valence-corrected chi connectivity index (χ1v) is 8.02. The molecule has 0 spiro atoms. The summed E-state index contributed by atoms with van der Waals surface area (Å²) < 4.78 is 21.5. The molecule has 0 aliphatic rings. The van der Waals surface area contributed by atoms with Crippen molar-refractivity contribution in [3.05, 3.63) is 58.6 Å². The number of esters is 1. The number of methoxy groups -OCH3 is 2. The van der Waals surface area contributed by atoms with Crippen LogP contribution in [0.4, 0.5) is 0 Å². The second-order valence-corrected chi connectivity index (χ2v) is 5.57. The summed E-state index contributed by atoms with van der Waals surface area (Å²) in [5.41, 5.74) is 1.07. The van der Waals surface area contributed by atoms with Gasteiger partial charge < -0.3 is 18.6 Å². The van der Waals surface area contributed by atoms with Crippen LogP contribution in [0.25, 0.3) is 11.1 Å². The molecule has 0 radical (unpaired) electrons. The van der Waals surface area contributed by atoms with Crippen LogP contribution in [0.1, 0.15) is 10.4 Å². The van der Waals surface area contributed by atoms with Crippen LogP contribution < -0.4 is 15.2 Å². The number of aromatic nitrogens is 1. The van der Waals surface area contributed by atoms with E-state index in [1.165, 1.54) is 20.3 Å². The van der Waals surface area contributed by atoms with E-state index in [4.69, 9.17) is 18.6 Å². The topological polar surface area (TPSA) is 97.0 Å². The molecule has 0 amide bonds. The first kappa shape index (κ1) is 18.2. The number of oxazole rings is 1. The van der Waals surface area contributed by atoms with E-state index in [-0.39, 0.29) is 12.1 Å². The van der Waals surface area contributed by atoms with E-state index >= 15 is 0 Å². The van der Waals surface area contributed by atoms with Gasteiger partial charge in [-0.05, 0) is 30.3 Å². The highest BCUT2D eigenvalue weighted by Gasteiger charge is 2.18. The first-order chi connectivity index (χ1) is 13.0. The third kappa shape index (κ3) is 3.84. The van der Waals surface area contributed by atoms with Crippen LogP contribution in [0.3, 0.4) is 0 Å². The van der Waals surface area contributed by atoms with Gasteiger partial charge in [0.15, 0.2) is 12.2 Å². The number of Topliss-reactive ketones (excluding diaryl/α,β-unsaturated/α-hetero) is 1. The molecule has 3 aromatic rings. The van der Waals surface area contributed by atoms with Crippen molar-refractivity contribution in [1.29, 1.82) is 0 Å². The van der Waals surface area contributed by atoms with Crippen molar-refractivity contribution in [2.45, 2.75) is 6.54 Å². The smallest absolute Gasteiger partial charge is 0.420 e. The summed E-state index contributed by atoms with van der Waals surface area (Å²) >= 11 is 0. The Hall–Kier alpha value is -3.55. The van der Waals surface area contributed by atoms with Gasteiger partial charge in [0.05, 0.1) is 25.3 Å². The highest BCUT2D eigenvalue weighted by Crippen LogP contribution is 2.24. The third-order valence-corrected chi connectivity index (χ3v) is 3.93. The molecule has 0 N–H and O–H groups in total. The van der Waals surface area contributed by atoms with E-state index in [1.807, 2.05) is 0 Å². The Balaban J connectivity index is 1.70. The van der Waals surface area contributed by atoms with Crippen molar-refractivity contribution in [3.63, 3.8) is 0 Å². The highest BCUT2D eigenvalue weighted by atomic mass is 16.5. The van der Waals surface area contributed by atoms with Crippen LogP contribution >= 0.6 is 0 Å². The molecule has 1 aromatic heterocycles. The summed E-state index contributed by atoms with van der Waals surface area (Å²) in [5.74, 6) is -1.05. The number of hydrogen-bond donors (Lipinski definition) is 0. The molecule has 0 bridgehead atoms. The molecule has 140 valence electrons. The van der Waals surface area contributed by atoms with Gasteiger partial charge in [-0.15, -0.1) is 0 Å². The maximum atomic E-state index is 12.4. The Morgan fingerprint density at radius 2 is 1.85 bits per heavy atom. The Morgan fingerprint density at radius 1 is 1.07 bits per heavy atom. The number of ether oxygens (including phenoxy) is 3. The van der Waals surface area contributed by atoms with Gasteiger partial charge in [-0.1, -0.05) is 12.1 Å². The maximum Gasteiger partial charge on any atom is 0.420 e. The summed E-state index contributed by atoms with van der Waals surface area (Å²) in [6.45, 7) is -0.856. The lowest BCUT2D eigenvalue weighted by molar-refractivity contribution is -0.143. The van der Waals surface area contributed by atoms with E-state index in [0.29, 0.717) is 22.6 Å². The molecule has 0 fully saturated rings. The van der Waals surface area contributed by atoms with Crippen LogP contribution in [0.5, 0.6) is 11.5 Å². The van der Waals surface area contributed by atoms with Crippen LogP contribution in [0.2, 0.25) is 0 Å². The molecule has 0 atom stereocenters. The minimum Gasteiger partial charge on any atom is -0.497 e. The quantitative estimate of drug-likeness (QED) is 0.463. The first-order valence-electron chi connectivity index (χ1n) is 8.02. The van der Waals surface area contributed by atoms with Crippen LogP contribution in [0.15, 0.2) is 51.7 Å². The van der Waals surface area contributed by atoms with Gasteiger partial charge in [-0.3, -0.25) is 14.2 Å². The molecule has 3 rings (SSSR count). The van der Waals surface area contributed by atoms with E-state index in [9.17, 15) is 14.4 Å². The monoisotopic (exact) mass is 371 g/mol. The van der Waals surface area contributed by atoms with Gasteiger partial charge >= 0.3 is 11.7 Å². The molecule has 0 saturated heterocycles. The average molecular weight is 371 g/mol. The largest absolute Gasteiger partial charge is 0.497 e. The van der Waals surface area contributed by atoms with Crippen molar-refractivity contribution in [1.82, 2.24) is 4.57 Å². The molecule has 8 heteroatoms. The van der Waals surface area contributed by atoms with Crippen LogP contribution in [-0.2, 0) is 16.1 Å². The van der Waals surface area contributed by atoms with Crippen LogP contribution in [0, 0.1) is 0 Å². The molecule has 1 heterocycles. The predicted molar refractivity (Wildman–Crippen MR) is 95.3 cm³/mol. The van der Waals surface area contributed by atoms with Gasteiger partial charge in [-0.25, -0.2) is 4.79 Å². The lowest BCUT2D eigenvalue weighted by atomic mass is 10.1. The van der Waals surface area contributed by atoms with E-state index < -0.39 is 24.1 Å². The normalized spacial score (nSPS) is 10.6. The number of fused-ring (bicyclic) bond motifs is 1. The minimum atomic E-state index is -0.737. The van der Waals surface area contributed by atoms with Crippen LogP contribution in [-0.4, -0.2) is 37.1 Å². The second kappa shape index (κ2) is 7.77. The Bertz CT molecular complexity index is 1050. The van der Waals surface area contributed by atoms with E-state index in [1.54, 1.807) is 36.4 Å². The molecule has 0 aliphatic carbocycles. The number of ketones is 1. The Morgan fingerprint density at radius 3 is 2.59 bits per heavy atom. The zero-order valence-corrected chi connectivity index (χ0v) is 14.8. The van der Waals surface area contributed by atoms with Gasteiger partial charge in [0.2, 0.25) is 5.78 Å². The summed E-state index contributed by atoms with van der Waals surface area (Å²) in [6, 6.07) is 11.5. The average Bonchev–Trinajstić information content (AvgIpc) is 3.00. The Kier molecular flexibility index (Phi) is 5.25. The molecular formula is C19H17NO7. The number of rotatable bonds is 7. The molecule has 0 unspecified atom stereocenters. The van der Waals surface area contributed by atoms with Gasteiger partial charge in [-0.2, -0.15) is 0 Å². The lowest BCUT2D eigenvalue weighted by Crippen LogP contribution is -2.23. The molecule has 2 aromatic carbocycles. The maximum absolute atomic E-state index is 12.4. The van der Waals surface area contributed by atoms with E-state index in [0.717, 1.165) is 4.57 Å². The molecular weight excluding hydrogens is 354 g/mol. The number of nitrogens with zero attached hydrogens (tertiary/aromatic N) is 1. The highest BCUT2D eigenvalue weighted by molar-refractivity contribution is 6.00. The van der Waals surface area contributed by atoms with Crippen molar-refractivity contribution in [2.75, 3.05) is 20.8 Å². The number of para-hydroxylation sites is 2. The second-order valence-electron chi connectivity index (χ2n) is 5.57. The standard InChI is InChI=1S/C19H17NO7/c1-24-12-7-8-16(25-2)13(9-12)15(21)11-26-18(22)10-20-14-5-3-4-6-17(14)27-19(20)23/h3-9H,10-11H2,1-2H3. The molecule has 0 saturated carbocycles.